The zero-order chi connectivity index (χ0) is 21.6. The molecular formula is C18H15ClFN3O6. The quantitative estimate of drug-likeness (QED) is 0.400. The average molecular weight is 424 g/mol. The van der Waals surface area contributed by atoms with Crippen LogP contribution in [0.5, 0.6) is 0 Å². The monoisotopic (exact) mass is 423 g/mol. The third-order valence-corrected chi connectivity index (χ3v) is 3.89. The van der Waals surface area contributed by atoms with Crippen LogP contribution in [-0.4, -0.2) is 35.4 Å². The number of carbonyl (C=O) groups excluding carboxylic acids is 3. The molecule has 0 heterocycles. The van der Waals surface area contributed by atoms with E-state index < -0.39 is 41.2 Å². The van der Waals surface area contributed by atoms with Gasteiger partial charge in [0.15, 0.2) is 6.10 Å². The van der Waals surface area contributed by atoms with Gasteiger partial charge in [-0.1, -0.05) is 17.7 Å². The van der Waals surface area contributed by atoms with Crippen LogP contribution < -0.4 is 10.6 Å². The lowest BCUT2D eigenvalue weighted by Crippen LogP contribution is -2.35. The number of non-ortho nitro benzene ring substituents is 1. The number of amides is 2. The Morgan fingerprint density at radius 3 is 2.62 bits per heavy atom. The Bertz CT molecular complexity index is 968. The SMILES string of the molecule is CC(OC(=O)CNC(=O)c1cccc([N+](=O)[O-])c1)C(=O)Nc1ccc(F)cc1Cl. The van der Waals surface area contributed by atoms with Crippen molar-refractivity contribution >= 4 is 40.8 Å². The second kappa shape index (κ2) is 9.60. The van der Waals surface area contributed by atoms with Gasteiger partial charge in [-0.2, -0.15) is 0 Å². The topological polar surface area (TPSA) is 128 Å². The molecule has 0 spiro atoms. The molecule has 0 aliphatic rings. The lowest BCUT2D eigenvalue weighted by Gasteiger charge is -2.14. The predicted molar refractivity (Wildman–Crippen MR) is 101 cm³/mol. The Morgan fingerprint density at radius 1 is 1.24 bits per heavy atom. The molecule has 0 bridgehead atoms. The van der Waals surface area contributed by atoms with Gasteiger partial charge in [0.05, 0.1) is 15.6 Å². The van der Waals surface area contributed by atoms with Gasteiger partial charge in [-0.05, 0) is 31.2 Å². The summed E-state index contributed by atoms with van der Waals surface area (Å²) in [6, 6.07) is 8.32. The van der Waals surface area contributed by atoms with Gasteiger partial charge in [-0.3, -0.25) is 24.5 Å². The minimum atomic E-state index is -1.22. The summed E-state index contributed by atoms with van der Waals surface area (Å²) >= 11 is 5.81. The third kappa shape index (κ3) is 6.25. The number of esters is 1. The number of nitro groups is 1. The van der Waals surface area contributed by atoms with E-state index in [0.29, 0.717) is 0 Å². The van der Waals surface area contributed by atoms with Crippen LogP contribution in [0.25, 0.3) is 0 Å². The first-order valence-corrected chi connectivity index (χ1v) is 8.53. The summed E-state index contributed by atoms with van der Waals surface area (Å²) < 4.78 is 17.9. The normalized spacial score (nSPS) is 11.3. The molecule has 152 valence electrons. The Kier molecular flexibility index (Phi) is 7.21. The summed E-state index contributed by atoms with van der Waals surface area (Å²) in [5.41, 5.74) is -0.145. The van der Waals surface area contributed by atoms with E-state index in [-0.39, 0.29) is 22.0 Å². The molecule has 2 rings (SSSR count). The number of ether oxygens (including phenoxy) is 1. The van der Waals surface area contributed by atoms with Gasteiger partial charge in [0, 0.05) is 17.7 Å². The van der Waals surface area contributed by atoms with Crippen molar-refractivity contribution in [3.63, 3.8) is 0 Å². The van der Waals surface area contributed by atoms with Crippen molar-refractivity contribution in [2.24, 2.45) is 0 Å². The number of nitrogens with one attached hydrogen (secondary N) is 2. The first kappa shape index (κ1) is 21.8. The molecular weight excluding hydrogens is 409 g/mol. The number of anilines is 1. The highest BCUT2D eigenvalue weighted by Crippen LogP contribution is 2.22. The van der Waals surface area contributed by atoms with Crippen molar-refractivity contribution in [3.8, 4) is 0 Å². The number of halogens is 2. The highest BCUT2D eigenvalue weighted by atomic mass is 35.5. The van der Waals surface area contributed by atoms with E-state index in [9.17, 15) is 28.9 Å². The maximum Gasteiger partial charge on any atom is 0.326 e. The molecule has 2 aromatic carbocycles. The number of nitro benzene ring substituents is 1. The van der Waals surface area contributed by atoms with Crippen molar-refractivity contribution in [2.45, 2.75) is 13.0 Å². The number of benzene rings is 2. The first-order chi connectivity index (χ1) is 13.7. The molecule has 0 saturated heterocycles. The Hall–Kier alpha value is -3.53. The minimum absolute atomic E-state index is 0.0104. The zero-order valence-electron chi connectivity index (χ0n) is 15.0. The molecule has 9 nitrogen and oxygen atoms in total. The summed E-state index contributed by atoms with van der Waals surface area (Å²) in [7, 11) is 0. The van der Waals surface area contributed by atoms with E-state index in [1.54, 1.807) is 0 Å². The molecule has 1 atom stereocenters. The molecule has 2 aromatic rings. The van der Waals surface area contributed by atoms with E-state index in [4.69, 9.17) is 16.3 Å². The molecule has 0 radical (unpaired) electrons. The van der Waals surface area contributed by atoms with E-state index in [1.807, 2.05) is 0 Å². The molecule has 0 aliphatic carbocycles. The van der Waals surface area contributed by atoms with E-state index >= 15 is 0 Å². The van der Waals surface area contributed by atoms with Gasteiger partial charge in [0.1, 0.15) is 12.4 Å². The van der Waals surface area contributed by atoms with Gasteiger partial charge in [-0.15, -0.1) is 0 Å². The molecule has 1 unspecified atom stereocenters. The van der Waals surface area contributed by atoms with Crippen LogP contribution in [0.1, 0.15) is 17.3 Å². The Balaban J connectivity index is 1.86. The summed E-state index contributed by atoms with van der Waals surface area (Å²) in [5.74, 6) is -2.92. The number of hydrogen-bond donors (Lipinski definition) is 2. The molecule has 0 aromatic heterocycles. The Labute approximate surface area is 168 Å². The predicted octanol–water partition coefficient (Wildman–Crippen LogP) is 2.69. The van der Waals surface area contributed by atoms with Crippen LogP contribution in [0, 0.1) is 15.9 Å². The lowest BCUT2D eigenvalue weighted by molar-refractivity contribution is -0.384. The van der Waals surface area contributed by atoms with Crippen LogP contribution in [0.2, 0.25) is 5.02 Å². The number of hydrogen-bond acceptors (Lipinski definition) is 6. The summed E-state index contributed by atoms with van der Waals surface area (Å²) in [6.45, 7) is 0.740. The van der Waals surface area contributed by atoms with E-state index in [0.717, 1.165) is 18.2 Å². The minimum Gasteiger partial charge on any atom is -0.451 e. The largest absolute Gasteiger partial charge is 0.451 e. The van der Waals surface area contributed by atoms with Crippen LogP contribution in [0.3, 0.4) is 0 Å². The van der Waals surface area contributed by atoms with E-state index in [2.05, 4.69) is 10.6 Å². The number of nitrogens with zero attached hydrogens (tertiary/aromatic N) is 1. The van der Waals surface area contributed by atoms with E-state index in [1.165, 1.54) is 31.2 Å². The van der Waals surface area contributed by atoms with Crippen molar-refractivity contribution < 1.29 is 28.4 Å². The fraction of sp³-hybridized carbons (Fsp3) is 0.167. The van der Waals surface area contributed by atoms with Crippen molar-refractivity contribution in [2.75, 3.05) is 11.9 Å². The maximum atomic E-state index is 13.0. The fourth-order valence-corrected chi connectivity index (χ4v) is 2.35. The molecule has 2 N–H and O–H groups in total. The third-order valence-electron chi connectivity index (χ3n) is 3.58. The highest BCUT2D eigenvalue weighted by Gasteiger charge is 2.20. The smallest absolute Gasteiger partial charge is 0.326 e. The maximum absolute atomic E-state index is 13.0. The van der Waals surface area contributed by atoms with Crippen molar-refractivity contribution in [1.82, 2.24) is 5.32 Å². The molecule has 29 heavy (non-hydrogen) atoms. The summed E-state index contributed by atoms with van der Waals surface area (Å²) in [5, 5.41) is 15.3. The zero-order valence-corrected chi connectivity index (χ0v) is 15.7. The molecule has 2 amide bonds. The van der Waals surface area contributed by atoms with Crippen LogP contribution in [-0.2, 0) is 14.3 Å². The standard InChI is InChI=1S/C18H15ClFN3O6/c1-10(17(25)22-15-6-5-12(20)8-14(15)19)29-16(24)9-21-18(26)11-3-2-4-13(7-11)23(27)28/h2-8,10H,9H2,1H3,(H,21,26)(H,22,25). The van der Waals surface area contributed by atoms with Gasteiger partial charge >= 0.3 is 5.97 Å². The highest BCUT2D eigenvalue weighted by molar-refractivity contribution is 6.33. The molecule has 0 saturated carbocycles. The Morgan fingerprint density at radius 2 is 1.97 bits per heavy atom. The second-order valence-electron chi connectivity index (χ2n) is 5.74. The fourth-order valence-electron chi connectivity index (χ4n) is 2.13. The van der Waals surface area contributed by atoms with Gasteiger partial charge in [0.2, 0.25) is 0 Å². The van der Waals surface area contributed by atoms with Crippen LogP contribution in [0.15, 0.2) is 42.5 Å². The average Bonchev–Trinajstić information content (AvgIpc) is 2.68. The van der Waals surface area contributed by atoms with Gasteiger partial charge < -0.3 is 15.4 Å². The molecule has 0 fully saturated rings. The first-order valence-electron chi connectivity index (χ1n) is 8.15. The summed E-state index contributed by atoms with van der Waals surface area (Å²) in [6.07, 6.45) is -1.22. The van der Waals surface area contributed by atoms with Gasteiger partial charge in [-0.25, -0.2) is 4.39 Å². The van der Waals surface area contributed by atoms with Crippen LogP contribution in [0.4, 0.5) is 15.8 Å². The number of rotatable bonds is 7. The van der Waals surface area contributed by atoms with Crippen LogP contribution >= 0.6 is 11.6 Å². The van der Waals surface area contributed by atoms with Crippen molar-refractivity contribution in [1.29, 1.82) is 0 Å². The second-order valence-corrected chi connectivity index (χ2v) is 6.14. The molecule has 0 aliphatic heterocycles. The number of carbonyl (C=O) groups is 3. The lowest BCUT2D eigenvalue weighted by atomic mass is 10.2. The summed E-state index contributed by atoms with van der Waals surface area (Å²) in [4.78, 5) is 45.9. The molecule has 11 heteroatoms. The van der Waals surface area contributed by atoms with Gasteiger partial charge in [0.25, 0.3) is 17.5 Å². The van der Waals surface area contributed by atoms with Crippen molar-refractivity contribution in [3.05, 3.63) is 69.0 Å².